The standard InChI is InChI=1S/C6H13N3O2.C2H6/c1-9-6(11)4(7)2-3-5(8)10;1-2/h4H,2-3,7H2,1H3,(H2,8,10)(H,9,11);1-2H3. The molecule has 0 saturated carbocycles. The van der Waals surface area contributed by atoms with Gasteiger partial charge in [-0.2, -0.15) is 0 Å². The van der Waals surface area contributed by atoms with Gasteiger partial charge in [-0.25, -0.2) is 0 Å². The van der Waals surface area contributed by atoms with E-state index in [0.717, 1.165) is 0 Å². The summed E-state index contributed by atoms with van der Waals surface area (Å²) in [5, 5.41) is 2.37. The summed E-state index contributed by atoms with van der Waals surface area (Å²) >= 11 is 0. The number of hydrogen-bond acceptors (Lipinski definition) is 3. The lowest BCUT2D eigenvalue weighted by atomic mass is 10.1. The molecular weight excluding hydrogens is 170 g/mol. The molecule has 0 aromatic heterocycles. The van der Waals surface area contributed by atoms with Crippen molar-refractivity contribution in [3.63, 3.8) is 0 Å². The first-order chi connectivity index (χ1) is 6.07. The van der Waals surface area contributed by atoms with Crippen LogP contribution >= 0.6 is 0 Å². The molecule has 0 aliphatic heterocycles. The number of nitrogens with two attached hydrogens (primary N) is 2. The number of carbonyl (C=O) groups excluding carboxylic acids is 2. The van der Waals surface area contributed by atoms with Crippen molar-refractivity contribution in [2.24, 2.45) is 11.5 Å². The van der Waals surface area contributed by atoms with Crippen LogP contribution in [0.25, 0.3) is 0 Å². The molecular formula is C8H19N3O2. The molecule has 0 aliphatic rings. The summed E-state index contributed by atoms with van der Waals surface area (Å²) in [7, 11) is 1.49. The molecule has 0 rings (SSSR count). The van der Waals surface area contributed by atoms with E-state index in [1.54, 1.807) is 0 Å². The Kier molecular flexibility index (Phi) is 9.98. The van der Waals surface area contributed by atoms with Gasteiger partial charge in [-0.05, 0) is 6.42 Å². The third-order valence-corrected chi connectivity index (χ3v) is 1.28. The average Bonchev–Trinajstić information content (AvgIpc) is 2.16. The normalized spacial score (nSPS) is 10.8. The first-order valence-corrected chi connectivity index (χ1v) is 4.33. The molecule has 0 aromatic rings. The highest BCUT2D eigenvalue weighted by molar-refractivity contribution is 5.82. The summed E-state index contributed by atoms with van der Waals surface area (Å²) in [5.41, 5.74) is 10.2. The Labute approximate surface area is 78.9 Å². The zero-order chi connectivity index (χ0) is 10.9. The topological polar surface area (TPSA) is 98.2 Å². The van der Waals surface area contributed by atoms with Crippen LogP contribution in [-0.2, 0) is 9.59 Å². The molecule has 0 aromatic carbocycles. The highest BCUT2D eigenvalue weighted by Gasteiger charge is 2.11. The number of amides is 2. The summed E-state index contributed by atoms with van der Waals surface area (Å²) < 4.78 is 0. The second-order valence-corrected chi connectivity index (χ2v) is 2.23. The predicted molar refractivity (Wildman–Crippen MR) is 51.8 cm³/mol. The van der Waals surface area contributed by atoms with Crippen LogP contribution < -0.4 is 16.8 Å². The van der Waals surface area contributed by atoms with Crippen LogP contribution in [-0.4, -0.2) is 24.9 Å². The van der Waals surface area contributed by atoms with Gasteiger partial charge < -0.3 is 16.8 Å². The number of primary amides is 1. The first kappa shape index (κ1) is 14.4. The Morgan fingerprint density at radius 2 is 1.85 bits per heavy atom. The fourth-order valence-electron chi connectivity index (χ4n) is 0.614. The van der Waals surface area contributed by atoms with Gasteiger partial charge in [-0.1, -0.05) is 13.8 Å². The summed E-state index contributed by atoms with van der Waals surface area (Å²) in [6.07, 6.45) is 0.448. The van der Waals surface area contributed by atoms with E-state index in [9.17, 15) is 9.59 Å². The quantitative estimate of drug-likeness (QED) is 0.548. The SMILES string of the molecule is CC.CNC(=O)C(N)CCC(N)=O. The van der Waals surface area contributed by atoms with Crippen LogP contribution in [0, 0.1) is 0 Å². The monoisotopic (exact) mass is 189 g/mol. The molecule has 0 saturated heterocycles. The lowest BCUT2D eigenvalue weighted by Crippen LogP contribution is -2.39. The number of hydrogen-bond donors (Lipinski definition) is 3. The van der Waals surface area contributed by atoms with Gasteiger partial charge in [0, 0.05) is 13.5 Å². The molecule has 78 valence electrons. The minimum atomic E-state index is -0.632. The van der Waals surface area contributed by atoms with Crippen LogP contribution in [0.3, 0.4) is 0 Å². The minimum absolute atomic E-state index is 0.147. The van der Waals surface area contributed by atoms with Crippen LogP contribution in [0.1, 0.15) is 26.7 Å². The number of rotatable bonds is 4. The van der Waals surface area contributed by atoms with E-state index in [2.05, 4.69) is 5.32 Å². The molecule has 5 heteroatoms. The van der Waals surface area contributed by atoms with Crippen molar-refractivity contribution in [2.75, 3.05) is 7.05 Å². The Bertz CT molecular complexity index is 159. The van der Waals surface area contributed by atoms with Gasteiger partial charge in [0.1, 0.15) is 0 Å². The van der Waals surface area contributed by atoms with Crippen molar-refractivity contribution < 1.29 is 9.59 Å². The predicted octanol–water partition coefficient (Wildman–Crippen LogP) is -0.649. The van der Waals surface area contributed by atoms with Crippen LogP contribution in [0.5, 0.6) is 0 Å². The molecule has 0 bridgehead atoms. The van der Waals surface area contributed by atoms with E-state index in [4.69, 9.17) is 11.5 Å². The van der Waals surface area contributed by atoms with Crippen molar-refractivity contribution in [3.8, 4) is 0 Å². The molecule has 2 amide bonds. The Morgan fingerprint density at radius 3 is 2.15 bits per heavy atom. The number of nitrogens with one attached hydrogen (secondary N) is 1. The molecule has 0 heterocycles. The minimum Gasteiger partial charge on any atom is -0.370 e. The second-order valence-electron chi connectivity index (χ2n) is 2.23. The highest BCUT2D eigenvalue weighted by atomic mass is 16.2. The van der Waals surface area contributed by atoms with Crippen LogP contribution in [0.4, 0.5) is 0 Å². The summed E-state index contributed by atoms with van der Waals surface area (Å²) in [6, 6.07) is -0.632. The van der Waals surface area contributed by atoms with Crippen molar-refractivity contribution in [2.45, 2.75) is 32.7 Å². The van der Waals surface area contributed by atoms with Crippen molar-refractivity contribution in [1.82, 2.24) is 5.32 Å². The first-order valence-electron chi connectivity index (χ1n) is 4.33. The molecule has 1 unspecified atom stereocenters. The van der Waals surface area contributed by atoms with E-state index in [1.165, 1.54) is 7.05 Å². The highest BCUT2D eigenvalue weighted by Crippen LogP contribution is 1.92. The third-order valence-electron chi connectivity index (χ3n) is 1.28. The third kappa shape index (κ3) is 8.81. The Balaban J connectivity index is 0. The Hall–Kier alpha value is -1.10. The van der Waals surface area contributed by atoms with Crippen LogP contribution in [0.15, 0.2) is 0 Å². The van der Waals surface area contributed by atoms with E-state index < -0.39 is 11.9 Å². The average molecular weight is 189 g/mol. The van der Waals surface area contributed by atoms with Gasteiger partial charge in [-0.3, -0.25) is 9.59 Å². The van der Waals surface area contributed by atoms with Gasteiger partial charge in [0.15, 0.2) is 0 Å². The van der Waals surface area contributed by atoms with E-state index in [0.29, 0.717) is 6.42 Å². The van der Waals surface area contributed by atoms with Gasteiger partial charge in [0.05, 0.1) is 6.04 Å². The Morgan fingerprint density at radius 1 is 1.38 bits per heavy atom. The molecule has 13 heavy (non-hydrogen) atoms. The van der Waals surface area contributed by atoms with Crippen molar-refractivity contribution >= 4 is 11.8 Å². The maximum Gasteiger partial charge on any atom is 0.236 e. The van der Waals surface area contributed by atoms with Crippen LogP contribution in [0.2, 0.25) is 0 Å². The molecule has 0 radical (unpaired) electrons. The zero-order valence-electron chi connectivity index (χ0n) is 8.46. The molecule has 0 aliphatic carbocycles. The summed E-state index contributed by atoms with van der Waals surface area (Å²) in [4.78, 5) is 21.0. The van der Waals surface area contributed by atoms with E-state index in [1.807, 2.05) is 13.8 Å². The maximum absolute atomic E-state index is 10.7. The van der Waals surface area contributed by atoms with Gasteiger partial charge >= 0.3 is 0 Å². The molecule has 5 N–H and O–H groups in total. The largest absolute Gasteiger partial charge is 0.370 e. The zero-order valence-corrected chi connectivity index (χ0v) is 8.46. The van der Waals surface area contributed by atoms with E-state index >= 15 is 0 Å². The molecule has 0 spiro atoms. The molecule has 5 nitrogen and oxygen atoms in total. The maximum atomic E-state index is 10.7. The van der Waals surface area contributed by atoms with E-state index in [-0.39, 0.29) is 12.3 Å². The summed E-state index contributed by atoms with van der Waals surface area (Å²) in [6.45, 7) is 4.00. The lowest BCUT2D eigenvalue weighted by molar-refractivity contribution is -0.122. The smallest absolute Gasteiger partial charge is 0.236 e. The van der Waals surface area contributed by atoms with Crippen molar-refractivity contribution in [3.05, 3.63) is 0 Å². The van der Waals surface area contributed by atoms with Gasteiger partial charge in [0.25, 0.3) is 0 Å². The lowest BCUT2D eigenvalue weighted by Gasteiger charge is -2.07. The molecule has 0 fully saturated rings. The fourth-order valence-corrected chi connectivity index (χ4v) is 0.614. The number of likely N-dealkylation sites (N-methyl/N-ethyl adjacent to an activating group) is 1. The van der Waals surface area contributed by atoms with Gasteiger partial charge in [0.2, 0.25) is 11.8 Å². The molecule has 1 atom stereocenters. The van der Waals surface area contributed by atoms with Gasteiger partial charge in [-0.15, -0.1) is 0 Å². The van der Waals surface area contributed by atoms with Crippen molar-refractivity contribution in [1.29, 1.82) is 0 Å². The second kappa shape index (κ2) is 8.99. The fraction of sp³-hybridized carbons (Fsp3) is 0.750. The number of carbonyl (C=O) groups is 2. The summed E-state index contributed by atoms with van der Waals surface area (Å²) in [5.74, 6) is -0.712.